The number of methoxy groups -OCH3 is 1. The van der Waals surface area contributed by atoms with Crippen molar-refractivity contribution in [3.63, 3.8) is 0 Å². The molecule has 3 heterocycles. The lowest BCUT2D eigenvalue weighted by Crippen LogP contribution is -2.41. The van der Waals surface area contributed by atoms with Gasteiger partial charge in [0.2, 0.25) is 11.8 Å². The number of rotatable bonds is 7. The average molecular weight is 438 g/mol. The van der Waals surface area contributed by atoms with Crippen LogP contribution >= 0.6 is 0 Å². The van der Waals surface area contributed by atoms with Gasteiger partial charge in [-0.1, -0.05) is 0 Å². The second-order valence-corrected chi connectivity index (χ2v) is 7.54. The fourth-order valence-electron chi connectivity index (χ4n) is 3.69. The maximum Gasteiger partial charge on any atom is 0.240 e. The van der Waals surface area contributed by atoms with Gasteiger partial charge in [-0.15, -0.1) is 0 Å². The van der Waals surface area contributed by atoms with Crippen LogP contribution in [0, 0.1) is 6.92 Å². The number of furan rings is 1. The highest BCUT2D eigenvalue weighted by molar-refractivity contribution is 5.85. The summed E-state index contributed by atoms with van der Waals surface area (Å²) in [6.45, 7) is 3.76. The number of nitrogens with zero attached hydrogens (tertiary/aromatic N) is 3. The second-order valence-electron chi connectivity index (χ2n) is 7.54. The average Bonchev–Trinajstić information content (AvgIpc) is 3.44. The molecule has 0 radical (unpaired) electrons. The van der Waals surface area contributed by atoms with Crippen LogP contribution in [0.15, 0.2) is 51.6 Å². The first-order chi connectivity index (χ1) is 15.5. The zero-order chi connectivity index (χ0) is 22.5. The van der Waals surface area contributed by atoms with Crippen molar-refractivity contribution < 1.29 is 23.2 Å². The Labute approximate surface area is 186 Å². The Hall–Kier alpha value is -3.75. The maximum absolute atomic E-state index is 12.6. The van der Waals surface area contributed by atoms with E-state index in [1.165, 1.54) is 0 Å². The van der Waals surface area contributed by atoms with Gasteiger partial charge in [0.25, 0.3) is 0 Å². The van der Waals surface area contributed by atoms with Crippen molar-refractivity contribution in [2.45, 2.75) is 19.9 Å². The molecule has 0 atom stereocenters. The third-order valence-electron chi connectivity index (χ3n) is 5.40. The highest BCUT2D eigenvalue weighted by Gasteiger charge is 2.24. The highest BCUT2D eigenvalue weighted by Crippen LogP contribution is 2.34. The predicted octanol–water partition coefficient (Wildman–Crippen LogP) is 2.61. The summed E-state index contributed by atoms with van der Waals surface area (Å²) < 4.78 is 16.4. The van der Waals surface area contributed by atoms with Gasteiger partial charge in [-0.3, -0.25) is 9.59 Å². The molecule has 0 saturated carbocycles. The minimum Gasteiger partial charge on any atom is -0.496 e. The van der Waals surface area contributed by atoms with Crippen LogP contribution in [0.25, 0.3) is 11.3 Å². The van der Waals surface area contributed by atoms with Crippen LogP contribution in [-0.2, 0) is 16.1 Å². The van der Waals surface area contributed by atoms with Gasteiger partial charge < -0.3 is 28.7 Å². The lowest BCUT2D eigenvalue weighted by atomic mass is 10.1. The molecule has 2 aromatic heterocycles. The number of hydrogen-bond acceptors (Lipinski definition) is 7. The summed E-state index contributed by atoms with van der Waals surface area (Å²) in [6, 6.07) is 9.40. The fourth-order valence-corrected chi connectivity index (χ4v) is 3.69. The van der Waals surface area contributed by atoms with Gasteiger partial charge in [-0.2, -0.15) is 0 Å². The summed E-state index contributed by atoms with van der Waals surface area (Å²) in [4.78, 5) is 32.7. The Morgan fingerprint density at radius 1 is 1.25 bits per heavy atom. The van der Waals surface area contributed by atoms with Crippen LogP contribution in [0.1, 0.15) is 18.1 Å². The van der Waals surface area contributed by atoms with Crippen LogP contribution in [-0.4, -0.2) is 55.0 Å². The largest absolute Gasteiger partial charge is 0.496 e. The Bertz CT molecular complexity index is 1080. The molecule has 4 rings (SSSR count). The molecule has 1 aliphatic heterocycles. The van der Waals surface area contributed by atoms with Crippen LogP contribution in [0.4, 0.5) is 5.69 Å². The van der Waals surface area contributed by atoms with Crippen molar-refractivity contribution in [1.82, 2.24) is 15.2 Å². The molecule has 1 aromatic carbocycles. The van der Waals surface area contributed by atoms with Crippen molar-refractivity contribution in [2.75, 3.05) is 38.2 Å². The molecule has 32 heavy (non-hydrogen) atoms. The van der Waals surface area contributed by atoms with E-state index in [0.717, 1.165) is 11.3 Å². The number of ether oxygens (including phenoxy) is 1. The smallest absolute Gasteiger partial charge is 0.240 e. The molecule has 0 aliphatic carbocycles. The molecule has 9 nitrogen and oxygen atoms in total. The summed E-state index contributed by atoms with van der Waals surface area (Å²) in [5, 5.41) is 2.78. The Morgan fingerprint density at radius 3 is 2.84 bits per heavy atom. The number of nitrogens with one attached hydrogen (secondary N) is 1. The van der Waals surface area contributed by atoms with E-state index in [2.05, 4.69) is 15.2 Å². The van der Waals surface area contributed by atoms with Gasteiger partial charge in [0.1, 0.15) is 11.5 Å². The zero-order valence-electron chi connectivity index (χ0n) is 18.2. The Balaban J connectivity index is 1.39. The van der Waals surface area contributed by atoms with Crippen molar-refractivity contribution in [2.24, 2.45) is 0 Å². The van der Waals surface area contributed by atoms with Crippen molar-refractivity contribution in [3.8, 4) is 17.1 Å². The van der Waals surface area contributed by atoms with Gasteiger partial charge in [0.15, 0.2) is 11.7 Å². The minimum atomic E-state index is -0.212. The van der Waals surface area contributed by atoms with E-state index in [4.69, 9.17) is 13.6 Å². The van der Waals surface area contributed by atoms with Crippen molar-refractivity contribution in [1.29, 1.82) is 0 Å². The monoisotopic (exact) mass is 438 g/mol. The van der Waals surface area contributed by atoms with Gasteiger partial charge in [0.05, 0.1) is 38.2 Å². The van der Waals surface area contributed by atoms with Gasteiger partial charge >= 0.3 is 0 Å². The second kappa shape index (κ2) is 9.59. The molecule has 1 N–H and O–H groups in total. The molecule has 2 amide bonds. The molecule has 1 aliphatic rings. The molecule has 1 fully saturated rings. The number of carbonyl (C=O) groups is 2. The molecule has 0 bridgehead atoms. The van der Waals surface area contributed by atoms with Crippen LogP contribution < -0.4 is 15.0 Å². The molecule has 168 valence electrons. The summed E-state index contributed by atoms with van der Waals surface area (Å²) >= 11 is 0. The summed E-state index contributed by atoms with van der Waals surface area (Å²) in [5.41, 5.74) is 1.76. The summed E-state index contributed by atoms with van der Waals surface area (Å²) in [7, 11) is 1.61. The standard InChI is InChI=1S/C23H26N4O5/c1-16-24-14-21(32-16)19-6-5-17(12-20(19)30-2)26-8-7-23(29)27(10-9-26)15-22(28)25-13-18-4-3-11-31-18/h3-6,11-12,14H,7-10,13,15H2,1-2H3,(H,25,28). The first-order valence-corrected chi connectivity index (χ1v) is 10.5. The van der Waals surface area contributed by atoms with Gasteiger partial charge in [-0.05, 0) is 24.3 Å². The first kappa shape index (κ1) is 21.5. The third-order valence-corrected chi connectivity index (χ3v) is 5.40. The van der Waals surface area contributed by atoms with Gasteiger partial charge in [-0.25, -0.2) is 4.98 Å². The normalized spacial score (nSPS) is 14.4. The number of hydrogen-bond donors (Lipinski definition) is 1. The minimum absolute atomic E-state index is 0.0283. The van der Waals surface area contributed by atoms with E-state index < -0.39 is 0 Å². The predicted molar refractivity (Wildman–Crippen MR) is 117 cm³/mol. The lowest BCUT2D eigenvalue weighted by molar-refractivity contribution is -0.135. The van der Waals surface area contributed by atoms with Crippen molar-refractivity contribution in [3.05, 3.63) is 54.4 Å². The highest BCUT2D eigenvalue weighted by atomic mass is 16.5. The van der Waals surface area contributed by atoms with E-state index in [0.29, 0.717) is 55.8 Å². The summed E-state index contributed by atoms with van der Waals surface area (Å²) in [6.07, 6.45) is 3.56. The maximum atomic E-state index is 12.6. The molecule has 9 heteroatoms. The van der Waals surface area contributed by atoms with Crippen LogP contribution in [0.2, 0.25) is 0 Å². The third kappa shape index (κ3) is 4.93. The number of aromatic nitrogens is 1. The topological polar surface area (TPSA) is 101 Å². The number of aryl methyl sites for hydroxylation is 1. The van der Waals surface area contributed by atoms with E-state index in [1.807, 2.05) is 18.2 Å². The SMILES string of the molecule is COc1cc(N2CCC(=O)N(CC(=O)NCc3ccco3)CC2)ccc1-c1cnc(C)o1. The summed E-state index contributed by atoms with van der Waals surface area (Å²) in [5.74, 6) is 2.32. The Kier molecular flexibility index (Phi) is 6.44. The van der Waals surface area contributed by atoms with Crippen molar-refractivity contribution >= 4 is 17.5 Å². The molecular weight excluding hydrogens is 412 g/mol. The number of amides is 2. The molecule has 0 spiro atoms. The number of oxazole rings is 1. The zero-order valence-corrected chi connectivity index (χ0v) is 18.2. The molecule has 0 unspecified atom stereocenters. The molecular formula is C23H26N4O5. The van der Waals surface area contributed by atoms with Crippen LogP contribution in [0.5, 0.6) is 5.75 Å². The van der Waals surface area contributed by atoms with E-state index in [1.54, 1.807) is 43.5 Å². The van der Waals surface area contributed by atoms with Crippen LogP contribution in [0.3, 0.4) is 0 Å². The Morgan fingerprint density at radius 2 is 2.12 bits per heavy atom. The number of benzene rings is 1. The molecule has 3 aromatic rings. The van der Waals surface area contributed by atoms with E-state index in [9.17, 15) is 9.59 Å². The number of anilines is 1. The van der Waals surface area contributed by atoms with Gasteiger partial charge in [0, 0.05) is 44.7 Å². The van der Waals surface area contributed by atoms with E-state index in [-0.39, 0.29) is 18.4 Å². The number of carbonyl (C=O) groups excluding carboxylic acids is 2. The lowest BCUT2D eigenvalue weighted by Gasteiger charge is -2.24. The van der Waals surface area contributed by atoms with E-state index >= 15 is 0 Å². The molecule has 1 saturated heterocycles. The quantitative estimate of drug-likeness (QED) is 0.605. The fraction of sp³-hybridized carbons (Fsp3) is 0.348. The first-order valence-electron chi connectivity index (χ1n) is 10.5.